The topological polar surface area (TPSA) is 75.4 Å². The van der Waals surface area contributed by atoms with Crippen LogP contribution in [0.1, 0.15) is 11.1 Å². The molecule has 0 aliphatic carbocycles. The first-order chi connectivity index (χ1) is 8.36. The van der Waals surface area contributed by atoms with E-state index in [2.05, 4.69) is 4.72 Å². The average Bonchev–Trinajstić information content (AvgIpc) is 2.28. The number of aryl methyl sites for hydroxylation is 1. The molecule has 102 valence electrons. The van der Waals surface area contributed by atoms with Gasteiger partial charge in [0.05, 0.1) is 4.90 Å². The van der Waals surface area contributed by atoms with E-state index in [1.54, 1.807) is 18.2 Å². The molecular weight excluding hydrogens is 250 g/mol. The number of sulfonamides is 1. The molecule has 3 N–H and O–H groups in total. The molecule has 1 rings (SSSR count). The Morgan fingerprint density at radius 1 is 1.33 bits per heavy atom. The van der Waals surface area contributed by atoms with Crippen molar-refractivity contribution in [1.82, 2.24) is 9.62 Å². The van der Waals surface area contributed by atoms with Crippen molar-refractivity contribution in [2.75, 3.05) is 27.2 Å². The van der Waals surface area contributed by atoms with E-state index in [4.69, 9.17) is 5.73 Å². The van der Waals surface area contributed by atoms with Gasteiger partial charge in [0.1, 0.15) is 0 Å². The SMILES string of the molecule is Cc1cc(S(=O)(=O)NCCN(C)C)ccc1CN. The van der Waals surface area contributed by atoms with Crippen LogP contribution in [0.5, 0.6) is 0 Å². The molecule has 0 radical (unpaired) electrons. The largest absolute Gasteiger partial charge is 0.326 e. The fourth-order valence-electron chi connectivity index (χ4n) is 1.55. The van der Waals surface area contributed by atoms with Crippen LogP contribution in [0.3, 0.4) is 0 Å². The molecule has 1 aromatic rings. The molecule has 6 heteroatoms. The second-order valence-corrected chi connectivity index (χ2v) is 6.26. The van der Waals surface area contributed by atoms with E-state index in [0.29, 0.717) is 19.6 Å². The monoisotopic (exact) mass is 271 g/mol. The summed E-state index contributed by atoms with van der Waals surface area (Å²) in [6.45, 7) is 3.34. The average molecular weight is 271 g/mol. The summed E-state index contributed by atoms with van der Waals surface area (Å²) in [5.74, 6) is 0. The first kappa shape index (κ1) is 15.1. The van der Waals surface area contributed by atoms with Crippen molar-refractivity contribution in [3.63, 3.8) is 0 Å². The highest BCUT2D eigenvalue weighted by Gasteiger charge is 2.14. The van der Waals surface area contributed by atoms with Crippen LogP contribution < -0.4 is 10.5 Å². The highest BCUT2D eigenvalue weighted by atomic mass is 32.2. The van der Waals surface area contributed by atoms with E-state index in [0.717, 1.165) is 11.1 Å². The van der Waals surface area contributed by atoms with Gasteiger partial charge in [0.25, 0.3) is 0 Å². The predicted molar refractivity (Wildman–Crippen MR) is 72.8 cm³/mol. The summed E-state index contributed by atoms with van der Waals surface area (Å²) in [6.07, 6.45) is 0. The van der Waals surface area contributed by atoms with E-state index >= 15 is 0 Å². The van der Waals surface area contributed by atoms with Gasteiger partial charge in [0, 0.05) is 19.6 Å². The summed E-state index contributed by atoms with van der Waals surface area (Å²) >= 11 is 0. The molecule has 0 heterocycles. The van der Waals surface area contributed by atoms with Crippen LogP contribution in [0.15, 0.2) is 23.1 Å². The molecule has 0 aromatic heterocycles. The Hall–Kier alpha value is -0.950. The van der Waals surface area contributed by atoms with E-state index in [1.165, 1.54) is 0 Å². The third kappa shape index (κ3) is 4.06. The molecule has 0 saturated carbocycles. The first-order valence-corrected chi connectivity index (χ1v) is 7.29. The van der Waals surface area contributed by atoms with E-state index < -0.39 is 10.0 Å². The lowest BCUT2D eigenvalue weighted by molar-refractivity contribution is 0.412. The maximum Gasteiger partial charge on any atom is 0.240 e. The Morgan fingerprint density at radius 3 is 2.50 bits per heavy atom. The maximum atomic E-state index is 12.0. The molecule has 0 amide bonds. The van der Waals surface area contributed by atoms with Crippen LogP contribution in [0.25, 0.3) is 0 Å². The fraction of sp³-hybridized carbons (Fsp3) is 0.500. The van der Waals surface area contributed by atoms with Crippen LogP contribution in [-0.2, 0) is 16.6 Å². The van der Waals surface area contributed by atoms with Crippen molar-refractivity contribution in [1.29, 1.82) is 0 Å². The first-order valence-electron chi connectivity index (χ1n) is 5.81. The smallest absolute Gasteiger partial charge is 0.240 e. The number of nitrogens with zero attached hydrogens (tertiary/aromatic N) is 1. The van der Waals surface area contributed by atoms with Crippen LogP contribution in [-0.4, -0.2) is 40.5 Å². The number of likely N-dealkylation sites (N-methyl/N-ethyl adjacent to an activating group) is 1. The quantitative estimate of drug-likeness (QED) is 0.780. The highest BCUT2D eigenvalue weighted by molar-refractivity contribution is 7.89. The van der Waals surface area contributed by atoms with E-state index in [9.17, 15) is 8.42 Å². The zero-order valence-electron chi connectivity index (χ0n) is 11.1. The van der Waals surface area contributed by atoms with Crippen LogP contribution >= 0.6 is 0 Å². The van der Waals surface area contributed by atoms with Gasteiger partial charge in [-0.25, -0.2) is 13.1 Å². The van der Waals surface area contributed by atoms with Gasteiger partial charge in [0.2, 0.25) is 10.0 Å². The molecule has 0 unspecified atom stereocenters. The summed E-state index contributed by atoms with van der Waals surface area (Å²) in [5.41, 5.74) is 7.41. The van der Waals surface area contributed by atoms with Gasteiger partial charge < -0.3 is 10.6 Å². The minimum Gasteiger partial charge on any atom is -0.326 e. The number of nitrogens with one attached hydrogen (secondary N) is 1. The predicted octanol–water partition coefficient (Wildman–Crippen LogP) is 0.294. The normalized spacial score (nSPS) is 12.1. The molecule has 0 atom stereocenters. The van der Waals surface area contributed by atoms with Gasteiger partial charge >= 0.3 is 0 Å². The number of rotatable bonds is 6. The van der Waals surface area contributed by atoms with Gasteiger partial charge in [-0.3, -0.25) is 0 Å². The summed E-state index contributed by atoms with van der Waals surface area (Å²) in [5, 5.41) is 0. The molecule has 5 nitrogen and oxygen atoms in total. The standard InChI is InChI=1S/C12H21N3O2S/c1-10-8-12(5-4-11(10)9-13)18(16,17)14-6-7-15(2)3/h4-5,8,14H,6-7,9,13H2,1-3H3. The minimum atomic E-state index is -3.42. The molecule has 0 fully saturated rings. The van der Waals surface area contributed by atoms with Crippen molar-refractivity contribution in [2.24, 2.45) is 5.73 Å². The van der Waals surface area contributed by atoms with Crippen LogP contribution in [0.2, 0.25) is 0 Å². The maximum absolute atomic E-state index is 12.0. The summed E-state index contributed by atoms with van der Waals surface area (Å²) in [6, 6.07) is 5.00. The second kappa shape index (κ2) is 6.29. The Labute approximate surface area is 109 Å². The van der Waals surface area contributed by atoms with Crippen LogP contribution in [0.4, 0.5) is 0 Å². The Balaban J connectivity index is 2.82. The third-order valence-electron chi connectivity index (χ3n) is 2.70. The Kier molecular flexibility index (Phi) is 5.28. The second-order valence-electron chi connectivity index (χ2n) is 4.49. The molecule has 0 aliphatic rings. The van der Waals surface area contributed by atoms with Crippen molar-refractivity contribution in [3.8, 4) is 0 Å². The van der Waals surface area contributed by atoms with Gasteiger partial charge in [-0.05, 0) is 44.3 Å². The Morgan fingerprint density at radius 2 is 2.00 bits per heavy atom. The molecule has 0 aliphatic heterocycles. The fourth-order valence-corrected chi connectivity index (χ4v) is 2.66. The molecule has 0 spiro atoms. The Bertz CT molecular complexity index is 498. The lowest BCUT2D eigenvalue weighted by atomic mass is 10.1. The highest BCUT2D eigenvalue weighted by Crippen LogP contribution is 2.14. The summed E-state index contributed by atoms with van der Waals surface area (Å²) in [7, 11) is 0.374. The van der Waals surface area contributed by atoms with E-state index in [1.807, 2.05) is 25.9 Å². The molecule has 18 heavy (non-hydrogen) atoms. The zero-order valence-corrected chi connectivity index (χ0v) is 11.9. The van der Waals surface area contributed by atoms with Crippen molar-refractivity contribution < 1.29 is 8.42 Å². The lowest BCUT2D eigenvalue weighted by Gasteiger charge is -2.12. The van der Waals surface area contributed by atoms with Gasteiger partial charge in [-0.15, -0.1) is 0 Å². The van der Waals surface area contributed by atoms with Gasteiger partial charge in [0.15, 0.2) is 0 Å². The van der Waals surface area contributed by atoms with Crippen molar-refractivity contribution >= 4 is 10.0 Å². The summed E-state index contributed by atoms with van der Waals surface area (Å²) in [4.78, 5) is 2.21. The lowest BCUT2D eigenvalue weighted by Crippen LogP contribution is -2.31. The molecular formula is C12H21N3O2S. The molecule has 1 aromatic carbocycles. The van der Waals surface area contributed by atoms with Gasteiger partial charge in [-0.2, -0.15) is 0 Å². The van der Waals surface area contributed by atoms with Crippen molar-refractivity contribution in [2.45, 2.75) is 18.4 Å². The number of benzene rings is 1. The third-order valence-corrected chi connectivity index (χ3v) is 4.15. The van der Waals surface area contributed by atoms with Crippen molar-refractivity contribution in [3.05, 3.63) is 29.3 Å². The van der Waals surface area contributed by atoms with Crippen LogP contribution in [0, 0.1) is 6.92 Å². The number of nitrogens with two attached hydrogens (primary N) is 1. The summed E-state index contributed by atoms with van der Waals surface area (Å²) < 4.78 is 26.6. The van der Waals surface area contributed by atoms with Gasteiger partial charge in [-0.1, -0.05) is 6.07 Å². The number of hydrogen-bond donors (Lipinski definition) is 2. The van der Waals surface area contributed by atoms with E-state index in [-0.39, 0.29) is 4.90 Å². The number of hydrogen-bond acceptors (Lipinski definition) is 4. The zero-order chi connectivity index (χ0) is 13.8. The molecule has 0 saturated heterocycles. The molecule has 0 bridgehead atoms. The minimum absolute atomic E-state index is 0.288.